The number of benzene rings is 2. The van der Waals surface area contributed by atoms with Crippen molar-refractivity contribution < 1.29 is 38.6 Å². The number of nitro benzene ring substituents is 1. The quantitative estimate of drug-likeness (QED) is 0.208. The molecule has 37 heavy (non-hydrogen) atoms. The van der Waals surface area contributed by atoms with E-state index in [0.717, 1.165) is 24.3 Å². The van der Waals surface area contributed by atoms with Crippen molar-refractivity contribution in [2.24, 2.45) is 0 Å². The summed E-state index contributed by atoms with van der Waals surface area (Å²) in [6, 6.07) is 5.05. The molecule has 0 spiro atoms. The summed E-state index contributed by atoms with van der Waals surface area (Å²) in [5, 5.41) is 31.7. The average molecular weight is 512 g/mol. The molecule has 2 aromatic heterocycles. The van der Waals surface area contributed by atoms with Crippen molar-refractivity contribution in [2.45, 2.75) is 6.61 Å². The number of hydrogen-bond donors (Lipinski definition) is 4. The summed E-state index contributed by atoms with van der Waals surface area (Å²) < 4.78 is 20.1. The van der Waals surface area contributed by atoms with Gasteiger partial charge in [0.2, 0.25) is 5.69 Å². The van der Waals surface area contributed by atoms with Crippen molar-refractivity contribution in [3.8, 4) is 5.69 Å². The number of H-pyrrole nitrogens is 1. The first-order valence-corrected chi connectivity index (χ1v) is 9.99. The molecule has 0 bridgehead atoms. The lowest BCUT2D eigenvalue weighted by Crippen LogP contribution is -2.20. The number of rotatable bonds is 7. The van der Waals surface area contributed by atoms with E-state index in [9.17, 15) is 33.7 Å². The van der Waals surface area contributed by atoms with Crippen LogP contribution in [0.4, 0.5) is 20.6 Å². The van der Waals surface area contributed by atoms with Gasteiger partial charge in [-0.25, -0.2) is 28.7 Å². The monoisotopic (exact) mass is 512 g/mol. The minimum atomic E-state index is -1.58. The Morgan fingerprint density at radius 2 is 1.95 bits per heavy atom. The Bertz CT molecular complexity index is 1660. The van der Waals surface area contributed by atoms with Crippen LogP contribution in [0, 0.1) is 15.9 Å². The number of nitrogens with zero attached hydrogens (tertiary/aromatic N) is 4. The minimum Gasteiger partial charge on any atom is -0.478 e. The molecule has 2 aromatic carbocycles. The fraction of sp³-hybridized carbons (Fsp3) is 0.0476. The third-order valence-electron chi connectivity index (χ3n) is 4.91. The highest BCUT2D eigenvalue weighted by molar-refractivity contribution is 5.90. The number of halogens is 1. The molecular weight excluding hydrogens is 499 g/mol. The van der Waals surface area contributed by atoms with Crippen molar-refractivity contribution in [1.82, 2.24) is 19.5 Å². The molecule has 188 valence electrons. The number of aromatic amines is 1. The maximum Gasteiger partial charge on any atom is 0.412 e. The van der Waals surface area contributed by atoms with Crippen molar-refractivity contribution in [2.75, 3.05) is 5.32 Å². The van der Waals surface area contributed by atoms with Crippen LogP contribution in [0.1, 0.15) is 26.5 Å². The predicted molar refractivity (Wildman–Crippen MR) is 120 cm³/mol. The normalized spacial score (nSPS) is 10.7. The maximum atomic E-state index is 14.0. The number of carbonyl (C=O) groups is 3. The number of carboxylic acid groups (broad SMARTS) is 2. The van der Waals surface area contributed by atoms with E-state index in [1.807, 2.05) is 0 Å². The Morgan fingerprint density at radius 3 is 2.59 bits per heavy atom. The number of amides is 1. The van der Waals surface area contributed by atoms with Crippen LogP contribution in [-0.2, 0) is 11.3 Å². The number of aromatic carboxylic acids is 2. The fourth-order valence-corrected chi connectivity index (χ4v) is 3.21. The highest BCUT2D eigenvalue weighted by atomic mass is 19.1. The fourth-order valence-electron chi connectivity index (χ4n) is 3.21. The van der Waals surface area contributed by atoms with Crippen molar-refractivity contribution in [1.29, 1.82) is 0 Å². The summed E-state index contributed by atoms with van der Waals surface area (Å²) in [6.07, 6.45) is 1.37. The molecule has 4 aromatic rings. The zero-order chi connectivity index (χ0) is 26.9. The van der Waals surface area contributed by atoms with E-state index in [1.54, 1.807) is 0 Å². The van der Waals surface area contributed by atoms with Gasteiger partial charge in [-0.3, -0.25) is 24.8 Å². The predicted octanol–water partition coefficient (Wildman–Crippen LogP) is 2.30. The summed E-state index contributed by atoms with van der Waals surface area (Å²) in [7, 11) is 0. The van der Waals surface area contributed by atoms with Gasteiger partial charge in [0.25, 0.3) is 11.2 Å². The molecule has 2 heterocycles. The van der Waals surface area contributed by atoms with E-state index < -0.39 is 52.3 Å². The Morgan fingerprint density at radius 1 is 1.19 bits per heavy atom. The molecule has 16 heteroatoms. The molecule has 0 aliphatic carbocycles. The molecule has 15 nitrogen and oxygen atoms in total. The van der Waals surface area contributed by atoms with Crippen LogP contribution in [0.3, 0.4) is 0 Å². The average Bonchev–Trinajstić information content (AvgIpc) is 3.31. The first-order chi connectivity index (χ1) is 17.5. The van der Waals surface area contributed by atoms with E-state index in [1.165, 1.54) is 23.2 Å². The molecule has 1 amide bonds. The third-order valence-corrected chi connectivity index (χ3v) is 4.91. The number of nitro groups is 1. The molecule has 0 fully saturated rings. The molecule has 0 saturated heterocycles. The lowest BCUT2D eigenvalue weighted by Gasteiger charge is -2.08. The maximum absolute atomic E-state index is 14.0. The molecule has 0 radical (unpaired) electrons. The van der Waals surface area contributed by atoms with Crippen LogP contribution in [-0.4, -0.2) is 52.7 Å². The summed E-state index contributed by atoms with van der Waals surface area (Å²) >= 11 is 0. The number of aromatic nitrogens is 4. The minimum absolute atomic E-state index is 0.0422. The molecular formula is C21H13FN6O9. The van der Waals surface area contributed by atoms with Gasteiger partial charge in [0.1, 0.15) is 18.1 Å². The second-order valence-corrected chi connectivity index (χ2v) is 7.31. The van der Waals surface area contributed by atoms with E-state index >= 15 is 0 Å². The van der Waals surface area contributed by atoms with Gasteiger partial charge in [0.05, 0.1) is 39.2 Å². The van der Waals surface area contributed by atoms with E-state index in [2.05, 4.69) is 20.3 Å². The van der Waals surface area contributed by atoms with Gasteiger partial charge in [-0.1, -0.05) is 0 Å². The molecule has 4 N–H and O–H groups in total. The van der Waals surface area contributed by atoms with Crippen LogP contribution in [0.5, 0.6) is 0 Å². The first-order valence-electron chi connectivity index (χ1n) is 9.99. The lowest BCUT2D eigenvalue weighted by molar-refractivity contribution is -0.384. The molecule has 4 rings (SSSR count). The largest absolute Gasteiger partial charge is 0.478 e. The van der Waals surface area contributed by atoms with Crippen molar-refractivity contribution in [3.05, 3.63) is 86.1 Å². The van der Waals surface area contributed by atoms with Crippen LogP contribution in [0.25, 0.3) is 16.7 Å². The molecule has 0 aliphatic heterocycles. The standard InChI is InChI=1S/C21H13FN6O9/c22-11-3-9(19(30)31)1-2-12(11)26-21(34)37-7-10-6-27(8-23-10)15-4-13-14(5-16(15)28(35)36)25-18(29)17(24-13)20(32)33/h1-6,8H,7H2,(H,25,29)(H,26,34)(H,30,31)(H,32,33). The summed E-state index contributed by atoms with van der Waals surface area (Å²) in [6.45, 7) is -0.427. The number of nitrogens with one attached hydrogen (secondary N) is 2. The van der Waals surface area contributed by atoms with Gasteiger partial charge in [0, 0.05) is 12.3 Å². The number of carboxylic acids is 2. The number of carbonyl (C=O) groups excluding carboxylic acids is 1. The number of imidazole rings is 1. The Balaban J connectivity index is 1.54. The van der Waals surface area contributed by atoms with Crippen molar-refractivity contribution >= 4 is 40.4 Å². The summed E-state index contributed by atoms with van der Waals surface area (Å²) in [5.74, 6) is -3.92. The smallest absolute Gasteiger partial charge is 0.412 e. The van der Waals surface area contributed by atoms with Crippen LogP contribution in [0.15, 0.2) is 47.7 Å². The Kier molecular flexibility index (Phi) is 6.30. The van der Waals surface area contributed by atoms with Crippen LogP contribution in [0.2, 0.25) is 0 Å². The van der Waals surface area contributed by atoms with Crippen LogP contribution >= 0.6 is 0 Å². The summed E-state index contributed by atoms with van der Waals surface area (Å²) in [5.41, 5.74) is -2.97. The highest BCUT2D eigenvalue weighted by Crippen LogP contribution is 2.27. The second kappa shape index (κ2) is 9.53. The number of hydrogen-bond acceptors (Lipinski definition) is 9. The first kappa shape index (κ1) is 24.5. The highest BCUT2D eigenvalue weighted by Gasteiger charge is 2.21. The zero-order valence-electron chi connectivity index (χ0n) is 18.2. The van der Waals surface area contributed by atoms with Gasteiger partial charge < -0.3 is 19.9 Å². The number of ether oxygens (including phenoxy) is 1. The molecule has 0 atom stereocenters. The Hall–Kier alpha value is -5.67. The lowest BCUT2D eigenvalue weighted by atomic mass is 10.2. The van der Waals surface area contributed by atoms with Gasteiger partial charge in [0.15, 0.2) is 0 Å². The van der Waals surface area contributed by atoms with E-state index in [4.69, 9.17) is 14.9 Å². The topological polar surface area (TPSA) is 220 Å². The van der Waals surface area contributed by atoms with Gasteiger partial charge in [-0.05, 0) is 24.3 Å². The Labute approximate surface area is 202 Å². The van der Waals surface area contributed by atoms with E-state index in [0.29, 0.717) is 0 Å². The van der Waals surface area contributed by atoms with Crippen molar-refractivity contribution in [3.63, 3.8) is 0 Å². The van der Waals surface area contributed by atoms with Gasteiger partial charge in [-0.15, -0.1) is 0 Å². The second-order valence-electron chi connectivity index (χ2n) is 7.31. The zero-order valence-corrected chi connectivity index (χ0v) is 18.2. The number of anilines is 1. The molecule has 0 unspecified atom stereocenters. The number of fused-ring (bicyclic) bond motifs is 1. The third kappa shape index (κ3) is 5.06. The SMILES string of the molecule is O=C(Nc1ccc(C(=O)O)cc1F)OCc1cn(-c2cc3nc(C(=O)O)c(=O)[nH]c3cc2[N+](=O)[O-])cn1. The van der Waals surface area contributed by atoms with Crippen LogP contribution < -0.4 is 10.9 Å². The summed E-state index contributed by atoms with van der Waals surface area (Å²) in [4.78, 5) is 66.8. The van der Waals surface area contributed by atoms with E-state index in [-0.39, 0.29) is 33.7 Å². The molecule has 0 saturated carbocycles. The molecule has 0 aliphatic rings. The van der Waals surface area contributed by atoms with Gasteiger partial charge in [-0.2, -0.15) is 0 Å². The van der Waals surface area contributed by atoms with Gasteiger partial charge >= 0.3 is 18.0 Å².